The Hall–Kier alpha value is -1.73. The maximum absolute atomic E-state index is 12.1. The fourth-order valence-electron chi connectivity index (χ4n) is 2.14. The van der Waals surface area contributed by atoms with Gasteiger partial charge in [-0.1, -0.05) is 11.2 Å². The number of hydrogen-bond donors (Lipinski definition) is 1. The van der Waals surface area contributed by atoms with E-state index in [1.165, 1.54) is 0 Å². The fourth-order valence-corrected chi connectivity index (χ4v) is 3.54. The molecule has 0 bridgehead atoms. The number of nitrogens with one attached hydrogen (secondary N) is 1. The van der Waals surface area contributed by atoms with Gasteiger partial charge in [0.25, 0.3) is 0 Å². The van der Waals surface area contributed by atoms with E-state index in [1.807, 2.05) is 18.3 Å². The molecule has 0 aliphatic rings. The first-order valence-electron chi connectivity index (χ1n) is 6.82. The minimum atomic E-state index is -3.54. The summed E-state index contributed by atoms with van der Waals surface area (Å²) in [5, 5.41) is 3.67. The Bertz CT molecular complexity index is 661. The number of sulfonamides is 1. The van der Waals surface area contributed by atoms with Gasteiger partial charge in [-0.15, -0.1) is 0 Å². The zero-order valence-corrected chi connectivity index (χ0v) is 13.0. The van der Waals surface area contributed by atoms with Crippen molar-refractivity contribution in [1.82, 2.24) is 14.9 Å². The van der Waals surface area contributed by atoms with Crippen LogP contribution < -0.4 is 4.72 Å². The second-order valence-corrected chi connectivity index (χ2v) is 6.57. The molecule has 0 saturated heterocycles. The molecule has 0 saturated carbocycles. The van der Waals surface area contributed by atoms with Crippen LogP contribution in [0.3, 0.4) is 0 Å². The number of nitrogens with zero attached hydrogens (tertiary/aromatic N) is 2. The summed E-state index contributed by atoms with van der Waals surface area (Å²) in [7, 11) is -3.54. The van der Waals surface area contributed by atoms with Gasteiger partial charge < -0.3 is 4.52 Å². The van der Waals surface area contributed by atoms with Crippen LogP contribution in [0.15, 0.2) is 33.9 Å². The third-order valence-corrected chi connectivity index (χ3v) is 4.85. The SMILES string of the molecule is Cc1noc(C)c1S(=O)(=O)NCCCCc1cccnc1. The lowest BCUT2D eigenvalue weighted by atomic mass is 10.1. The molecule has 1 N–H and O–H groups in total. The standard InChI is InChI=1S/C14H19N3O3S/c1-11-14(12(2)20-17-11)21(18,19)16-9-4-3-6-13-7-5-8-15-10-13/h5,7-8,10,16H,3-4,6,9H2,1-2H3. The zero-order valence-electron chi connectivity index (χ0n) is 12.2. The maximum atomic E-state index is 12.1. The monoisotopic (exact) mass is 309 g/mol. The van der Waals surface area contributed by atoms with Crippen molar-refractivity contribution in [2.24, 2.45) is 0 Å². The molecule has 0 aliphatic heterocycles. The Morgan fingerprint density at radius 2 is 2.10 bits per heavy atom. The molecule has 0 spiro atoms. The highest BCUT2D eigenvalue weighted by Crippen LogP contribution is 2.18. The molecule has 0 radical (unpaired) electrons. The Morgan fingerprint density at radius 3 is 2.71 bits per heavy atom. The summed E-state index contributed by atoms with van der Waals surface area (Å²) in [5.41, 5.74) is 1.54. The second-order valence-electron chi connectivity index (χ2n) is 4.87. The average molecular weight is 309 g/mol. The van der Waals surface area contributed by atoms with E-state index in [1.54, 1.807) is 20.0 Å². The van der Waals surface area contributed by atoms with Gasteiger partial charge in [0.15, 0.2) is 5.76 Å². The summed E-state index contributed by atoms with van der Waals surface area (Å²) < 4.78 is 31.8. The van der Waals surface area contributed by atoms with E-state index >= 15 is 0 Å². The average Bonchev–Trinajstić information content (AvgIpc) is 2.79. The second kappa shape index (κ2) is 6.82. The van der Waals surface area contributed by atoms with Crippen LogP contribution in [0.1, 0.15) is 29.9 Å². The van der Waals surface area contributed by atoms with Crippen molar-refractivity contribution in [3.05, 3.63) is 41.5 Å². The van der Waals surface area contributed by atoms with E-state index in [2.05, 4.69) is 14.9 Å². The van der Waals surface area contributed by atoms with Crippen LogP contribution in [0, 0.1) is 13.8 Å². The predicted octanol–water partition coefficient (Wildman–Crippen LogP) is 1.99. The molecule has 0 atom stereocenters. The molecule has 0 amide bonds. The quantitative estimate of drug-likeness (QED) is 0.791. The molecule has 2 rings (SSSR count). The van der Waals surface area contributed by atoms with Gasteiger partial charge in [0.1, 0.15) is 10.6 Å². The molecule has 0 aliphatic carbocycles. The lowest BCUT2D eigenvalue weighted by molar-refractivity contribution is 0.390. The molecule has 2 aromatic heterocycles. The van der Waals surface area contributed by atoms with Gasteiger partial charge in [-0.25, -0.2) is 13.1 Å². The molecular formula is C14H19N3O3S. The minimum absolute atomic E-state index is 0.148. The van der Waals surface area contributed by atoms with Crippen molar-refractivity contribution in [1.29, 1.82) is 0 Å². The molecule has 7 heteroatoms. The molecule has 0 aromatic carbocycles. The van der Waals surface area contributed by atoms with Gasteiger partial charge in [-0.2, -0.15) is 0 Å². The molecule has 114 valence electrons. The lowest BCUT2D eigenvalue weighted by Gasteiger charge is -2.06. The molecular weight excluding hydrogens is 290 g/mol. The normalized spacial score (nSPS) is 11.7. The van der Waals surface area contributed by atoms with E-state index in [0.29, 0.717) is 18.0 Å². The van der Waals surface area contributed by atoms with E-state index in [4.69, 9.17) is 4.52 Å². The van der Waals surface area contributed by atoms with E-state index in [-0.39, 0.29) is 4.90 Å². The van der Waals surface area contributed by atoms with Crippen molar-refractivity contribution >= 4 is 10.0 Å². The van der Waals surface area contributed by atoms with Crippen molar-refractivity contribution in [3.63, 3.8) is 0 Å². The topological polar surface area (TPSA) is 85.1 Å². The minimum Gasteiger partial charge on any atom is -0.360 e. The predicted molar refractivity (Wildman–Crippen MR) is 78.3 cm³/mol. The summed E-state index contributed by atoms with van der Waals surface area (Å²) in [6.45, 7) is 3.61. The van der Waals surface area contributed by atoms with Crippen LogP contribution in [0.25, 0.3) is 0 Å². The Balaban J connectivity index is 1.81. The highest BCUT2D eigenvalue weighted by Gasteiger charge is 2.23. The van der Waals surface area contributed by atoms with Crippen molar-refractivity contribution < 1.29 is 12.9 Å². The molecule has 6 nitrogen and oxygen atoms in total. The number of hydrogen-bond acceptors (Lipinski definition) is 5. The van der Waals surface area contributed by atoms with Crippen LogP contribution in [-0.4, -0.2) is 25.1 Å². The number of pyridine rings is 1. The first-order chi connectivity index (χ1) is 10.0. The first-order valence-corrected chi connectivity index (χ1v) is 8.30. The number of unbranched alkanes of at least 4 members (excludes halogenated alkanes) is 1. The number of aryl methyl sites for hydroxylation is 3. The van der Waals surface area contributed by atoms with Crippen molar-refractivity contribution in [3.8, 4) is 0 Å². The zero-order chi connectivity index (χ0) is 15.3. The van der Waals surface area contributed by atoms with Crippen molar-refractivity contribution in [2.75, 3.05) is 6.54 Å². The summed E-state index contributed by atoms with van der Waals surface area (Å²) in [6.07, 6.45) is 6.11. The maximum Gasteiger partial charge on any atom is 0.245 e. The highest BCUT2D eigenvalue weighted by molar-refractivity contribution is 7.89. The van der Waals surface area contributed by atoms with Gasteiger partial charge in [-0.05, 0) is 44.7 Å². The van der Waals surface area contributed by atoms with Gasteiger partial charge in [0.05, 0.1) is 0 Å². The molecule has 2 heterocycles. The fraction of sp³-hybridized carbons (Fsp3) is 0.429. The van der Waals surface area contributed by atoms with E-state index < -0.39 is 10.0 Å². The van der Waals surface area contributed by atoms with Gasteiger partial charge in [0.2, 0.25) is 10.0 Å². The molecule has 0 fully saturated rings. The highest BCUT2D eigenvalue weighted by atomic mass is 32.2. The van der Waals surface area contributed by atoms with E-state index in [9.17, 15) is 8.42 Å². The number of aromatic nitrogens is 2. The van der Waals surface area contributed by atoms with Gasteiger partial charge >= 0.3 is 0 Å². The van der Waals surface area contributed by atoms with Crippen LogP contribution in [-0.2, 0) is 16.4 Å². The Kier molecular flexibility index (Phi) is 5.08. The summed E-state index contributed by atoms with van der Waals surface area (Å²) in [4.78, 5) is 4.20. The first kappa shape index (κ1) is 15.7. The third kappa shape index (κ3) is 4.12. The van der Waals surface area contributed by atoms with Gasteiger partial charge in [-0.3, -0.25) is 4.98 Å². The Labute approximate surface area is 124 Å². The van der Waals surface area contributed by atoms with Crippen LogP contribution in [0.5, 0.6) is 0 Å². The van der Waals surface area contributed by atoms with Crippen LogP contribution >= 0.6 is 0 Å². The smallest absolute Gasteiger partial charge is 0.245 e. The molecule has 21 heavy (non-hydrogen) atoms. The van der Waals surface area contributed by atoms with Gasteiger partial charge in [0, 0.05) is 18.9 Å². The summed E-state index contributed by atoms with van der Waals surface area (Å²) in [6, 6.07) is 3.91. The summed E-state index contributed by atoms with van der Waals surface area (Å²) >= 11 is 0. The third-order valence-electron chi connectivity index (χ3n) is 3.14. The lowest BCUT2D eigenvalue weighted by Crippen LogP contribution is -2.25. The van der Waals surface area contributed by atoms with Crippen molar-refractivity contribution in [2.45, 2.75) is 38.0 Å². The molecule has 2 aromatic rings. The van der Waals surface area contributed by atoms with Crippen LogP contribution in [0.4, 0.5) is 0 Å². The molecule has 0 unspecified atom stereocenters. The summed E-state index contributed by atoms with van der Waals surface area (Å²) in [5.74, 6) is 0.315. The van der Waals surface area contributed by atoms with Crippen LogP contribution in [0.2, 0.25) is 0 Å². The largest absolute Gasteiger partial charge is 0.360 e. The number of rotatable bonds is 7. The van der Waals surface area contributed by atoms with E-state index in [0.717, 1.165) is 24.8 Å². The Morgan fingerprint density at radius 1 is 1.29 bits per heavy atom.